The third-order valence-electron chi connectivity index (χ3n) is 1.88. The summed E-state index contributed by atoms with van der Waals surface area (Å²) in [7, 11) is 0. The maximum absolute atomic E-state index is 10.4. The summed E-state index contributed by atoms with van der Waals surface area (Å²) in [5.74, 6) is -0.0754. The lowest BCUT2D eigenvalue weighted by Gasteiger charge is -2.10. The predicted octanol–water partition coefficient (Wildman–Crippen LogP) is 0.681. The van der Waals surface area contributed by atoms with Gasteiger partial charge in [0, 0.05) is 30.3 Å². The Bertz CT molecular complexity index is 359. The largest absolute Gasteiger partial charge is 0.508 e. The Balaban J connectivity index is 0.00000196. The van der Waals surface area contributed by atoms with Crippen molar-refractivity contribution in [2.24, 2.45) is 11.5 Å². The van der Waals surface area contributed by atoms with E-state index in [1.807, 2.05) is 0 Å². The minimum absolute atomic E-state index is 0. The Hall–Kier alpha value is -1.37. The molecule has 0 spiro atoms. The van der Waals surface area contributed by atoms with Crippen LogP contribution in [-0.4, -0.2) is 16.6 Å². The van der Waals surface area contributed by atoms with Gasteiger partial charge in [-0.2, -0.15) is 0 Å². The molecule has 5 N–H and O–H groups in total. The standard InChI is InChI=1S/C8H11N3O3.ClH/c9-4-7(10)6-3-5(11(13)14)1-2-8(6)12;/h1-3,7,12H,4,9-10H2;1H/t7-;/m0./s1. The fourth-order valence-corrected chi connectivity index (χ4v) is 1.08. The molecule has 0 saturated heterocycles. The minimum Gasteiger partial charge on any atom is -0.508 e. The summed E-state index contributed by atoms with van der Waals surface area (Å²) in [6.07, 6.45) is 0. The van der Waals surface area contributed by atoms with E-state index in [1.165, 1.54) is 18.2 Å². The van der Waals surface area contributed by atoms with E-state index in [0.29, 0.717) is 5.56 Å². The highest BCUT2D eigenvalue weighted by Gasteiger charge is 2.14. The van der Waals surface area contributed by atoms with Crippen molar-refractivity contribution < 1.29 is 10.0 Å². The monoisotopic (exact) mass is 233 g/mol. The van der Waals surface area contributed by atoms with E-state index in [4.69, 9.17) is 11.5 Å². The first-order valence-corrected chi connectivity index (χ1v) is 3.99. The maximum atomic E-state index is 10.4. The molecule has 0 heterocycles. The van der Waals surface area contributed by atoms with Crippen LogP contribution in [0.15, 0.2) is 18.2 Å². The lowest BCUT2D eigenvalue weighted by atomic mass is 10.1. The van der Waals surface area contributed by atoms with E-state index in [0.717, 1.165) is 0 Å². The van der Waals surface area contributed by atoms with Crippen LogP contribution in [0.5, 0.6) is 5.75 Å². The number of phenols is 1. The van der Waals surface area contributed by atoms with Crippen LogP contribution in [0, 0.1) is 10.1 Å². The summed E-state index contributed by atoms with van der Waals surface area (Å²) >= 11 is 0. The second-order valence-corrected chi connectivity index (χ2v) is 2.84. The quantitative estimate of drug-likeness (QED) is 0.525. The third kappa shape index (κ3) is 3.05. The lowest BCUT2D eigenvalue weighted by Crippen LogP contribution is -2.20. The van der Waals surface area contributed by atoms with E-state index in [-0.39, 0.29) is 30.4 Å². The molecule has 1 aromatic rings. The smallest absolute Gasteiger partial charge is 0.270 e. The van der Waals surface area contributed by atoms with Crippen molar-refractivity contribution in [3.05, 3.63) is 33.9 Å². The average molecular weight is 234 g/mol. The molecule has 0 aliphatic rings. The van der Waals surface area contributed by atoms with Crippen LogP contribution < -0.4 is 11.5 Å². The molecule has 1 atom stereocenters. The van der Waals surface area contributed by atoms with Crippen molar-refractivity contribution >= 4 is 18.1 Å². The number of benzene rings is 1. The number of hydrogen-bond donors (Lipinski definition) is 3. The summed E-state index contributed by atoms with van der Waals surface area (Å²) in [5, 5.41) is 19.8. The SMILES string of the molecule is Cl.NC[C@H](N)c1cc([N+](=O)[O-])ccc1O. The van der Waals surface area contributed by atoms with Crippen molar-refractivity contribution in [2.75, 3.05) is 6.54 Å². The first-order valence-electron chi connectivity index (χ1n) is 3.99. The van der Waals surface area contributed by atoms with E-state index >= 15 is 0 Å². The number of nitrogens with two attached hydrogens (primary N) is 2. The Kier molecular flexibility index (Phi) is 4.99. The van der Waals surface area contributed by atoms with Gasteiger partial charge in [-0.05, 0) is 6.07 Å². The van der Waals surface area contributed by atoms with Gasteiger partial charge in [0.2, 0.25) is 0 Å². The molecule has 0 aliphatic heterocycles. The Morgan fingerprint density at radius 3 is 2.60 bits per heavy atom. The Labute approximate surface area is 92.4 Å². The van der Waals surface area contributed by atoms with Crippen LogP contribution in [-0.2, 0) is 0 Å². The molecular weight excluding hydrogens is 222 g/mol. The first-order chi connectivity index (χ1) is 6.56. The maximum Gasteiger partial charge on any atom is 0.270 e. The number of nitro benzene ring substituents is 1. The topological polar surface area (TPSA) is 115 Å². The summed E-state index contributed by atoms with van der Waals surface area (Å²) in [4.78, 5) is 9.88. The van der Waals surface area contributed by atoms with Gasteiger partial charge in [0.05, 0.1) is 4.92 Å². The molecule has 84 valence electrons. The average Bonchev–Trinajstić information content (AvgIpc) is 2.17. The Morgan fingerprint density at radius 1 is 1.53 bits per heavy atom. The van der Waals surface area contributed by atoms with Crippen LogP contribution in [0.2, 0.25) is 0 Å². The Morgan fingerprint density at radius 2 is 2.13 bits per heavy atom. The zero-order chi connectivity index (χ0) is 10.7. The number of halogens is 1. The molecule has 0 saturated carbocycles. The molecular formula is C8H12ClN3O3. The third-order valence-corrected chi connectivity index (χ3v) is 1.88. The van der Waals surface area contributed by atoms with Gasteiger partial charge in [-0.15, -0.1) is 12.4 Å². The second kappa shape index (κ2) is 5.50. The fourth-order valence-electron chi connectivity index (χ4n) is 1.08. The normalized spacial score (nSPS) is 11.6. The van der Waals surface area contributed by atoms with Crippen LogP contribution in [0.3, 0.4) is 0 Å². The molecule has 6 nitrogen and oxygen atoms in total. The van der Waals surface area contributed by atoms with Gasteiger partial charge < -0.3 is 16.6 Å². The van der Waals surface area contributed by atoms with Crippen LogP contribution in [0.25, 0.3) is 0 Å². The second-order valence-electron chi connectivity index (χ2n) is 2.84. The predicted molar refractivity (Wildman–Crippen MR) is 58.0 cm³/mol. The summed E-state index contributed by atoms with van der Waals surface area (Å²) in [6.45, 7) is 0.120. The van der Waals surface area contributed by atoms with Gasteiger partial charge in [0.1, 0.15) is 5.75 Å². The van der Waals surface area contributed by atoms with Crippen molar-refractivity contribution in [1.29, 1.82) is 0 Å². The fraction of sp³-hybridized carbons (Fsp3) is 0.250. The highest BCUT2D eigenvalue weighted by atomic mass is 35.5. The molecule has 0 fully saturated rings. The number of non-ortho nitro benzene ring substituents is 1. The van der Waals surface area contributed by atoms with Crippen molar-refractivity contribution in [3.8, 4) is 5.75 Å². The zero-order valence-electron chi connectivity index (χ0n) is 7.79. The van der Waals surface area contributed by atoms with Crippen molar-refractivity contribution in [2.45, 2.75) is 6.04 Å². The molecule has 0 amide bonds. The molecule has 15 heavy (non-hydrogen) atoms. The van der Waals surface area contributed by atoms with Crippen LogP contribution in [0.4, 0.5) is 5.69 Å². The molecule has 0 aromatic heterocycles. The van der Waals surface area contributed by atoms with Crippen molar-refractivity contribution in [1.82, 2.24) is 0 Å². The molecule has 0 aliphatic carbocycles. The lowest BCUT2D eigenvalue weighted by molar-refractivity contribution is -0.385. The van der Waals surface area contributed by atoms with Gasteiger partial charge in [-0.1, -0.05) is 0 Å². The number of hydrogen-bond acceptors (Lipinski definition) is 5. The van der Waals surface area contributed by atoms with E-state index in [9.17, 15) is 15.2 Å². The van der Waals surface area contributed by atoms with Crippen molar-refractivity contribution in [3.63, 3.8) is 0 Å². The molecule has 7 heteroatoms. The number of nitrogens with zero attached hydrogens (tertiary/aromatic N) is 1. The highest BCUT2D eigenvalue weighted by Crippen LogP contribution is 2.26. The molecule has 0 unspecified atom stereocenters. The zero-order valence-corrected chi connectivity index (χ0v) is 8.61. The number of phenolic OH excluding ortho intramolecular Hbond substituents is 1. The number of rotatable bonds is 3. The summed E-state index contributed by atoms with van der Waals surface area (Å²) < 4.78 is 0. The molecule has 0 bridgehead atoms. The molecule has 1 aromatic carbocycles. The minimum atomic E-state index is -0.588. The van der Waals surface area contributed by atoms with Gasteiger partial charge in [0.15, 0.2) is 0 Å². The number of nitro groups is 1. The van der Waals surface area contributed by atoms with Gasteiger partial charge in [-0.25, -0.2) is 0 Å². The van der Waals surface area contributed by atoms with Crippen LogP contribution >= 0.6 is 12.4 Å². The highest BCUT2D eigenvalue weighted by molar-refractivity contribution is 5.85. The first kappa shape index (κ1) is 13.6. The molecule has 0 radical (unpaired) electrons. The van der Waals surface area contributed by atoms with Crippen LogP contribution in [0.1, 0.15) is 11.6 Å². The number of aromatic hydroxyl groups is 1. The summed E-state index contributed by atoms with van der Waals surface area (Å²) in [6, 6.07) is 3.09. The van der Waals surface area contributed by atoms with Gasteiger partial charge in [0.25, 0.3) is 5.69 Å². The van der Waals surface area contributed by atoms with E-state index in [2.05, 4.69) is 0 Å². The van der Waals surface area contributed by atoms with Gasteiger partial charge in [-0.3, -0.25) is 10.1 Å². The van der Waals surface area contributed by atoms with E-state index in [1.54, 1.807) is 0 Å². The van der Waals surface area contributed by atoms with Gasteiger partial charge >= 0.3 is 0 Å². The summed E-state index contributed by atoms with van der Waals surface area (Å²) in [5.41, 5.74) is 11.0. The van der Waals surface area contributed by atoms with E-state index < -0.39 is 11.0 Å². The molecule has 1 rings (SSSR count).